The van der Waals surface area contributed by atoms with Crippen molar-refractivity contribution in [3.8, 4) is 0 Å². The lowest BCUT2D eigenvalue weighted by Gasteiger charge is -2.06. The zero-order chi connectivity index (χ0) is 18.4. The van der Waals surface area contributed by atoms with E-state index in [0.717, 1.165) is 17.3 Å². The first kappa shape index (κ1) is 17.5. The fourth-order valence-electron chi connectivity index (χ4n) is 2.43. The van der Waals surface area contributed by atoms with E-state index in [2.05, 4.69) is 31.0 Å². The van der Waals surface area contributed by atoms with E-state index < -0.39 is 5.97 Å². The monoisotopic (exact) mass is 357 g/mol. The minimum atomic E-state index is -0.441. The highest BCUT2D eigenvalue weighted by Gasteiger charge is 2.14. The number of aromatic amines is 1. The van der Waals surface area contributed by atoms with Gasteiger partial charge >= 0.3 is 5.97 Å². The van der Waals surface area contributed by atoms with E-state index in [1.807, 2.05) is 31.2 Å². The largest absolute Gasteiger partial charge is 0.457 e. The number of hydrogen-bond acceptors (Lipinski definition) is 7. The Morgan fingerprint density at radius 3 is 3.00 bits per heavy atom. The van der Waals surface area contributed by atoms with Gasteiger partial charge in [0.15, 0.2) is 18.1 Å². The molecule has 1 amide bonds. The number of para-hydroxylation sites is 1. The second-order valence-corrected chi connectivity index (χ2v) is 5.60. The number of nitrogens with zero attached hydrogens (tertiary/aromatic N) is 5. The molecule has 0 unspecified atom stereocenters. The van der Waals surface area contributed by atoms with Crippen molar-refractivity contribution in [3.05, 3.63) is 35.8 Å². The van der Waals surface area contributed by atoms with Crippen LogP contribution < -0.4 is 5.32 Å². The van der Waals surface area contributed by atoms with E-state index in [0.29, 0.717) is 18.1 Å². The fourth-order valence-corrected chi connectivity index (χ4v) is 2.43. The molecule has 0 aliphatic heterocycles. The van der Waals surface area contributed by atoms with Crippen molar-refractivity contribution in [2.45, 2.75) is 32.9 Å². The van der Waals surface area contributed by atoms with Crippen LogP contribution in [0.1, 0.15) is 36.1 Å². The number of aromatic nitrogens is 6. The minimum Gasteiger partial charge on any atom is -0.457 e. The quantitative estimate of drug-likeness (QED) is 0.571. The number of aryl methyl sites for hydroxylation is 1. The maximum atomic E-state index is 12.2. The molecule has 0 saturated carbocycles. The summed E-state index contributed by atoms with van der Waals surface area (Å²) in [5.74, 6) is -0.294. The van der Waals surface area contributed by atoms with Crippen LogP contribution in [0, 0.1) is 0 Å². The predicted octanol–water partition coefficient (Wildman–Crippen LogP) is 0.823. The van der Waals surface area contributed by atoms with Gasteiger partial charge in [-0.2, -0.15) is 5.10 Å². The molecule has 3 aromatic rings. The van der Waals surface area contributed by atoms with Crippen molar-refractivity contribution >= 4 is 22.8 Å². The summed E-state index contributed by atoms with van der Waals surface area (Å²) in [5, 5.41) is 21.4. The molecule has 26 heavy (non-hydrogen) atoms. The number of amides is 1. The Bertz CT molecular complexity index is 902. The van der Waals surface area contributed by atoms with Crippen LogP contribution >= 0.6 is 0 Å². The van der Waals surface area contributed by atoms with E-state index in [4.69, 9.17) is 4.74 Å². The van der Waals surface area contributed by atoms with E-state index in [1.54, 1.807) is 4.68 Å². The number of benzene rings is 1. The lowest BCUT2D eigenvalue weighted by molar-refractivity contribution is -0.145. The first-order valence-electron chi connectivity index (χ1n) is 8.31. The van der Waals surface area contributed by atoms with Gasteiger partial charge in [-0.3, -0.25) is 14.7 Å². The molecule has 0 fully saturated rings. The van der Waals surface area contributed by atoms with Gasteiger partial charge in [-0.15, -0.1) is 5.10 Å². The number of hydrogen-bond donors (Lipinski definition) is 2. The molecule has 0 bridgehead atoms. The first-order chi connectivity index (χ1) is 12.7. The lowest BCUT2D eigenvalue weighted by Crippen LogP contribution is -2.27. The highest BCUT2D eigenvalue weighted by Crippen LogP contribution is 2.14. The van der Waals surface area contributed by atoms with Gasteiger partial charge in [0, 0.05) is 18.5 Å². The highest BCUT2D eigenvalue weighted by atomic mass is 16.5. The van der Waals surface area contributed by atoms with Crippen LogP contribution in [-0.2, 0) is 22.7 Å². The number of tetrazole rings is 1. The average molecular weight is 357 g/mol. The summed E-state index contributed by atoms with van der Waals surface area (Å²) in [6.07, 6.45) is 0.920. The Balaban J connectivity index is 1.45. The van der Waals surface area contributed by atoms with E-state index in [-0.39, 0.29) is 25.5 Å². The Hall–Kier alpha value is -3.30. The van der Waals surface area contributed by atoms with Gasteiger partial charge < -0.3 is 10.1 Å². The van der Waals surface area contributed by atoms with Crippen molar-refractivity contribution < 1.29 is 14.3 Å². The summed E-state index contributed by atoms with van der Waals surface area (Å²) in [6, 6.07) is 7.33. The SMILES string of the molecule is CCCn1nnnc1COC(=O)CCNC(=O)c1n[nH]c2ccccc12. The van der Waals surface area contributed by atoms with Crippen LogP contribution in [0.5, 0.6) is 0 Å². The van der Waals surface area contributed by atoms with Crippen LogP contribution in [0.2, 0.25) is 0 Å². The predicted molar refractivity (Wildman–Crippen MR) is 90.9 cm³/mol. The van der Waals surface area contributed by atoms with E-state index in [1.165, 1.54) is 0 Å². The van der Waals surface area contributed by atoms with Crippen LogP contribution in [0.15, 0.2) is 24.3 Å². The molecule has 2 heterocycles. The lowest BCUT2D eigenvalue weighted by atomic mass is 10.2. The van der Waals surface area contributed by atoms with E-state index in [9.17, 15) is 9.59 Å². The molecular formula is C16H19N7O3. The highest BCUT2D eigenvalue weighted by molar-refractivity contribution is 6.04. The van der Waals surface area contributed by atoms with Gasteiger partial charge in [-0.25, -0.2) is 4.68 Å². The molecule has 1 aromatic carbocycles. The Morgan fingerprint density at radius 2 is 2.15 bits per heavy atom. The minimum absolute atomic E-state index is 0.00375. The van der Waals surface area contributed by atoms with Crippen LogP contribution in [-0.4, -0.2) is 48.8 Å². The number of fused-ring (bicyclic) bond motifs is 1. The van der Waals surface area contributed by atoms with Gasteiger partial charge in [0.25, 0.3) is 5.91 Å². The summed E-state index contributed by atoms with van der Waals surface area (Å²) in [5.41, 5.74) is 1.08. The number of rotatable bonds is 8. The summed E-state index contributed by atoms with van der Waals surface area (Å²) in [7, 11) is 0. The molecule has 3 rings (SSSR count). The molecule has 0 atom stereocenters. The Morgan fingerprint density at radius 1 is 1.31 bits per heavy atom. The Labute approximate surface area is 148 Å². The Kier molecular flexibility index (Phi) is 5.52. The normalized spacial score (nSPS) is 10.8. The zero-order valence-corrected chi connectivity index (χ0v) is 14.3. The maximum absolute atomic E-state index is 12.2. The van der Waals surface area contributed by atoms with Gasteiger partial charge in [0.1, 0.15) is 0 Å². The number of nitrogens with one attached hydrogen (secondary N) is 2. The molecular weight excluding hydrogens is 338 g/mol. The number of H-pyrrole nitrogens is 1. The molecule has 10 nitrogen and oxygen atoms in total. The molecule has 10 heteroatoms. The standard InChI is InChI=1S/C16H19N7O3/c1-2-9-23-13(19-21-22-23)10-26-14(24)7-8-17-16(25)15-11-5-3-4-6-12(11)18-20-15/h3-6H,2,7-10H2,1H3,(H,17,25)(H,18,20). The summed E-state index contributed by atoms with van der Waals surface area (Å²) in [4.78, 5) is 24.0. The van der Waals surface area contributed by atoms with Crippen LogP contribution in [0.25, 0.3) is 10.9 Å². The summed E-state index contributed by atoms with van der Waals surface area (Å²) >= 11 is 0. The molecule has 136 valence electrons. The molecule has 0 saturated heterocycles. The third-order valence-corrected chi connectivity index (χ3v) is 3.70. The van der Waals surface area contributed by atoms with Crippen molar-refractivity contribution in [2.24, 2.45) is 0 Å². The number of carbonyl (C=O) groups is 2. The van der Waals surface area contributed by atoms with Crippen molar-refractivity contribution in [3.63, 3.8) is 0 Å². The molecule has 0 aliphatic rings. The van der Waals surface area contributed by atoms with Gasteiger partial charge in [0.05, 0.1) is 11.9 Å². The van der Waals surface area contributed by atoms with E-state index >= 15 is 0 Å². The molecule has 0 radical (unpaired) electrons. The molecule has 2 aromatic heterocycles. The number of carbonyl (C=O) groups excluding carboxylic acids is 2. The van der Waals surface area contributed by atoms with Crippen LogP contribution in [0.3, 0.4) is 0 Å². The van der Waals surface area contributed by atoms with Crippen LogP contribution in [0.4, 0.5) is 0 Å². The summed E-state index contributed by atoms with van der Waals surface area (Å²) < 4.78 is 6.74. The molecule has 2 N–H and O–H groups in total. The summed E-state index contributed by atoms with van der Waals surface area (Å²) in [6.45, 7) is 2.82. The molecule has 0 spiro atoms. The van der Waals surface area contributed by atoms with Gasteiger partial charge in [-0.05, 0) is 22.9 Å². The topological polar surface area (TPSA) is 128 Å². The van der Waals surface area contributed by atoms with Gasteiger partial charge in [0.2, 0.25) is 0 Å². The zero-order valence-electron chi connectivity index (χ0n) is 14.3. The second-order valence-electron chi connectivity index (χ2n) is 5.60. The van der Waals surface area contributed by atoms with Gasteiger partial charge in [-0.1, -0.05) is 25.1 Å². The maximum Gasteiger partial charge on any atom is 0.308 e. The third kappa shape index (κ3) is 4.02. The third-order valence-electron chi connectivity index (χ3n) is 3.70. The fraction of sp³-hybridized carbons (Fsp3) is 0.375. The van der Waals surface area contributed by atoms with Crippen molar-refractivity contribution in [1.82, 2.24) is 35.7 Å². The smallest absolute Gasteiger partial charge is 0.308 e. The first-order valence-corrected chi connectivity index (χ1v) is 8.31. The van der Waals surface area contributed by atoms with Crippen molar-refractivity contribution in [2.75, 3.05) is 6.54 Å². The second kappa shape index (κ2) is 8.19. The number of esters is 1. The van der Waals surface area contributed by atoms with Crippen molar-refractivity contribution in [1.29, 1.82) is 0 Å². The number of ether oxygens (including phenoxy) is 1. The molecule has 0 aliphatic carbocycles. The average Bonchev–Trinajstić information content (AvgIpc) is 3.27.